The lowest BCUT2D eigenvalue weighted by atomic mass is 10.1. The van der Waals surface area contributed by atoms with Gasteiger partial charge in [-0.25, -0.2) is 4.79 Å². The maximum atomic E-state index is 12.4. The van der Waals surface area contributed by atoms with Crippen molar-refractivity contribution in [2.75, 3.05) is 0 Å². The second-order valence-electron chi connectivity index (χ2n) is 4.97. The first-order valence-electron chi connectivity index (χ1n) is 6.87. The Morgan fingerprint density at radius 2 is 1.96 bits per heavy atom. The van der Waals surface area contributed by atoms with Crippen LogP contribution in [0.15, 0.2) is 39.6 Å². The highest BCUT2D eigenvalue weighted by molar-refractivity contribution is 9.10. The minimum absolute atomic E-state index is 0.0449. The summed E-state index contributed by atoms with van der Waals surface area (Å²) in [6, 6.07) is 7.56. The molecule has 8 heteroatoms. The minimum Gasteiger partial charge on any atom is -0.506 e. The zero-order valence-corrected chi connectivity index (χ0v) is 14.2. The number of aromatic carboxylic acids is 1. The molecule has 0 fully saturated rings. The molecule has 2 rings (SSSR count). The predicted octanol–water partition coefficient (Wildman–Crippen LogP) is 2.13. The van der Waals surface area contributed by atoms with Gasteiger partial charge < -0.3 is 19.5 Å². The molecule has 0 aliphatic carbocycles. The van der Waals surface area contributed by atoms with Gasteiger partial charge in [-0.05, 0) is 27.6 Å². The van der Waals surface area contributed by atoms with Crippen molar-refractivity contribution < 1.29 is 24.5 Å². The van der Waals surface area contributed by atoms with Crippen molar-refractivity contribution in [2.24, 2.45) is 0 Å². The van der Waals surface area contributed by atoms with Crippen LogP contribution in [-0.4, -0.2) is 26.7 Å². The van der Waals surface area contributed by atoms with E-state index in [0.717, 1.165) is 0 Å². The van der Waals surface area contributed by atoms with Crippen LogP contribution in [-0.2, 0) is 22.7 Å². The first-order valence-corrected chi connectivity index (χ1v) is 7.66. The van der Waals surface area contributed by atoms with Crippen molar-refractivity contribution >= 4 is 27.9 Å². The Labute approximate surface area is 145 Å². The number of rotatable bonds is 5. The van der Waals surface area contributed by atoms with Gasteiger partial charge in [0.1, 0.15) is 16.8 Å². The third-order valence-electron chi connectivity index (χ3n) is 3.31. The fourth-order valence-corrected chi connectivity index (χ4v) is 2.49. The third-order valence-corrected chi connectivity index (χ3v) is 4.05. The number of aromatic hydroxyl groups is 1. The zero-order valence-electron chi connectivity index (χ0n) is 12.7. The summed E-state index contributed by atoms with van der Waals surface area (Å²) in [5.74, 6) is -1.94. The maximum Gasteiger partial charge on any atom is 0.336 e. The Kier molecular flexibility index (Phi) is 5.40. The lowest BCUT2D eigenvalue weighted by Gasteiger charge is -2.15. The first-order chi connectivity index (χ1) is 11.3. The summed E-state index contributed by atoms with van der Waals surface area (Å²) in [7, 11) is 0. The summed E-state index contributed by atoms with van der Waals surface area (Å²) in [6.45, 7) is 0.957. The van der Waals surface area contributed by atoms with Gasteiger partial charge in [-0.2, -0.15) is 0 Å². The van der Waals surface area contributed by atoms with E-state index in [1.165, 1.54) is 23.6 Å². The minimum atomic E-state index is -1.11. The van der Waals surface area contributed by atoms with E-state index in [4.69, 9.17) is 4.74 Å². The smallest absolute Gasteiger partial charge is 0.336 e. The van der Waals surface area contributed by atoms with Crippen LogP contribution < -0.4 is 5.56 Å². The SMILES string of the molecule is CC(=O)OCc1cc(O)c(Br)c(=O)n1Cc1ccccc1C(=O)O. The molecule has 2 aromatic rings. The van der Waals surface area contributed by atoms with E-state index in [1.54, 1.807) is 18.2 Å². The number of aromatic nitrogens is 1. The molecule has 0 unspecified atom stereocenters. The third kappa shape index (κ3) is 3.83. The average molecular weight is 396 g/mol. The number of hydrogen-bond donors (Lipinski definition) is 2. The van der Waals surface area contributed by atoms with E-state index in [-0.39, 0.29) is 34.6 Å². The largest absolute Gasteiger partial charge is 0.506 e. The monoisotopic (exact) mass is 395 g/mol. The molecule has 0 saturated heterocycles. The fourth-order valence-electron chi connectivity index (χ4n) is 2.16. The molecule has 2 N–H and O–H groups in total. The molecule has 0 spiro atoms. The van der Waals surface area contributed by atoms with Gasteiger partial charge in [0.2, 0.25) is 0 Å². The summed E-state index contributed by atoms with van der Waals surface area (Å²) in [5, 5.41) is 19.0. The van der Waals surface area contributed by atoms with Crippen molar-refractivity contribution in [2.45, 2.75) is 20.1 Å². The zero-order chi connectivity index (χ0) is 17.9. The van der Waals surface area contributed by atoms with Crippen molar-refractivity contribution in [3.05, 3.63) is 62.0 Å². The Bertz CT molecular complexity index is 858. The van der Waals surface area contributed by atoms with Crippen LogP contribution in [0.2, 0.25) is 0 Å². The summed E-state index contributed by atoms with van der Waals surface area (Å²) in [6.07, 6.45) is 0. The lowest BCUT2D eigenvalue weighted by molar-refractivity contribution is -0.142. The van der Waals surface area contributed by atoms with Crippen LogP contribution in [0.3, 0.4) is 0 Å². The molecule has 1 aromatic heterocycles. The number of hydrogen-bond acceptors (Lipinski definition) is 5. The van der Waals surface area contributed by atoms with Crippen molar-refractivity contribution in [3.63, 3.8) is 0 Å². The van der Waals surface area contributed by atoms with Gasteiger partial charge in [-0.15, -0.1) is 0 Å². The standard InChI is InChI=1S/C16H14BrNO6/c1-9(19)24-8-11-6-13(20)14(17)15(21)18(11)7-10-4-2-3-5-12(10)16(22)23/h2-6,20H,7-8H2,1H3,(H,22,23). The van der Waals surface area contributed by atoms with Gasteiger partial charge in [0.05, 0.1) is 17.8 Å². The molecule has 0 aliphatic rings. The average Bonchev–Trinajstić information content (AvgIpc) is 2.54. The highest BCUT2D eigenvalue weighted by atomic mass is 79.9. The van der Waals surface area contributed by atoms with E-state index >= 15 is 0 Å². The number of carboxylic acids is 1. The van der Waals surface area contributed by atoms with Gasteiger partial charge >= 0.3 is 11.9 Å². The van der Waals surface area contributed by atoms with E-state index in [2.05, 4.69) is 15.9 Å². The van der Waals surface area contributed by atoms with E-state index in [9.17, 15) is 24.6 Å². The highest BCUT2D eigenvalue weighted by Crippen LogP contribution is 2.22. The summed E-state index contributed by atoms with van der Waals surface area (Å²) in [5.41, 5.74) is 0.161. The van der Waals surface area contributed by atoms with Crippen LogP contribution in [0.4, 0.5) is 0 Å². The summed E-state index contributed by atoms with van der Waals surface area (Å²) >= 11 is 3.00. The van der Waals surface area contributed by atoms with Gasteiger partial charge in [0.15, 0.2) is 0 Å². The molecular formula is C16H14BrNO6. The van der Waals surface area contributed by atoms with E-state index < -0.39 is 17.5 Å². The van der Waals surface area contributed by atoms with Gasteiger partial charge in [-0.3, -0.25) is 9.59 Å². The number of esters is 1. The first kappa shape index (κ1) is 17.7. The second kappa shape index (κ2) is 7.31. The van der Waals surface area contributed by atoms with Crippen LogP contribution in [0.5, 0.6) is 5.75 Å². The molecule has 126 valence electrons. The number of carbonyl (C=O) groups is 2. The second-order valence-corrected chi connectivity index (χ2v) is 5.76. The maximum absolute atomic E-state index is 12.4. The van der Waals surface area contributed by atoms with Crippen LogP contribution >= 0.6 is 15.9 Å². The van der Waals surface area contributed by atoms with Crippen molar-refractivity contribution in [1.29, 1.82) is 0 Å². The number of halogens is 1. The number of pyridine rings is 1. The van der Waals surface area contributed by atoms with Crippen LogP contribution in [0.25, 0.3) is 0 Å². The molecule has 0 amide bonds. The highest BCUT2D eigenvalue weighted by Gasteiger charge is 2.16. The fraction of sp³-hybridized carbons (Fsp3) is 0.188. The molecular weight excluding hydrogens is 382 g/mol. The quantitative estimate of drug-likeness (QED) is 0.751. The number of ether oxygens (including phenoxy) is 1. The molecule has 0 saturated carbocycles. The molecule has 0 bridgehead atoms. The number of carbonyl (C=O) groups excluding carboxylic acids is 1. The predicted molar refractivity (Wildman–Crippen MR) is 88.0 cm³/mol. The van der Waals surface area contributed by atoms with Crippen LogP contribution in [0.1, 0.15) is 28.5 Å². The molecule has 0 atom stereocenters. The normalized spacial score (nSPS) is 10.4. The lowest BCUT2D eigenvalue weighted by Crippen LogP contribution is -2.26. The topological polar surface area (TPSA) is 106 Å². The molecule has 1 heterocycles. The number of carboxylic acid groups (broad SMARTS) is 1. The van der Waals surface area contributed by atoms with Gasteiger partial charge in [0.25, 0.3) is 5.56 Å². The Hall–Kier alpha value is -2.61. The van der Waals surface area contributed by atoms with Crippen molar-refractivity contribution in [1.82, 2.24) is 4.57 Å². The molecule has 24 heavy (non-hydrogen) atoms. The summed E-state index contributed by atoms with van der Waals surface area (Å²) in [4.78, 5) is 34.7. The van der Waals surface area contributed by atoms with Gasteiger partial charge in [-0.1, -0.05) is 18.2 Å². The van der Waals surface area contributed by atoms with E-state index in [0.29, 0.717) is 5.56 Å². The molecule has 1 aromatic carbocycles. The Balaban J connectivity index is 2.53. The number of benzene rings is 1. The Morgan fingerprint density at radius 3 is 2.58 bits per heavy atom. The molecule has 7 nitrogen and oxygen atoms in total. The van der Waals surface area contributed by atoms with E-state index in [1.807, 2.05) is 0 Å². The van der Waals surface area contributed by atoms with Crippen molar-refractivity contribution in [3.8, 4) is 5.75 Å². The number of nitrogens with zero attached hydrogens (tertiary/aromatic N) is 1. The summed E-state index contributed by atoms with van der Waals surface area (Å²) < 4.78 is 6.08. The van der Waals surface area contributed by atoms with Crippen LogP contribution in [0, 0.1) is 0 Å². The molecule has 0 radical (unpaired) electrons. The molecule has 0 aliphatic heterocycles. The Morgan fingerprint density at radius 1 is 1.29 bits per heavy atom. The van der Waals surface area contributed by atoms with Gasteiger partial charge in [0, 0.05) is 13.0 Å².